The highest BCUT2D eigenvalue weighted by Crippen LogP contribution is 2.20. The molecule has 2 N–H and O–H groups in total. The van der Waals surface area contributed by atoms with Gasteiger partial charge in [-0.05, 0) is 32.1 Å². The molecule has 0 unspecified atom stereocenters. The largest absolute Gasteiger partial charge is 0.441 e. The van der Waals surface area contributed by atoms with E-state index in [0.29, 0.717) is 37.5 Å². The average Bonchev–Trinajstić information content (AvgIpc) is 3.08. The van der Waals surface area contributed by atoms with Gasteiger partial charge in [-0.15, -0.1) is 0 Å². The normalized spacial score (nSPS) is 13.6. The van der Waals surface area contributed by atoms with Gasteiger partial charge in [0.15, 0.2) is 11.7 Å². The molecular weight excluding hydrogens is 328 g/mol. The molecule has 0 aliphatic heterocycles. The summed E-state index contributed by atoms with van der Waals surface area (Å²) in [6.07, 6.45) is 5.01. The molecule has 0 aliphatic rings. The van der Waals surface area contributed by atoms with Crippen LogP contribution in [0.2, 0.25) is 0 Å². The highest BCUT2D eigenvalue weighted by molar-refractivity contribution is 5.75. The van der Waals surface area contributed by atoms with Gasteiger partial charge < -0.3 is 14.8 Å². The Morgan fingerprint density at radius 2 is 2.04 bits per heavy atom. The monoisotopic (exact) mass is 358 g/mol. The van der Waals surface area contributed by atoms with Crippen LogP contribution in [0.4, 0.5) is 0 Å². The number of oxazole rings is 1. The van der Waals surface area contributed by atoms with Crippen LogP contribution < -0.4 is 5.32 Å². The SMILES string of the molecule is CC(C)CC[C@@](C)(O)CNC(=O)CCCc1ncc(-c2ccccc2)o1. The molecule has 1 aromatic heterocycles. The van der Waals surface area contributed by atoms with Crippen molar-refractivity contribution in [3.63, 3.8) is 0 Å². The third kappa shape index (κ3) is 7.00. The molecule has 0 spiro atoms. The van der Waals surface area contributed by atoms with Crippen LogP contribution in [0.15, 0.2) is 40.9 Å². The van der Waals surface area contributed by atoms with Crippen LogP contribution in [0.1, 0.15) is 52.3 Å². The summed E-state index contributed by atoms with van der Waals surface area (Å²) in [5, 5.41) is 13.1. The maximum Gasteiger partial charge on any atom is 0.220 e. The van der Waals surface area contributed by atoms with Crippen molar-refractivity contribution in [2.24, 2.45) is 5.92 Å². The van der Waals surface area contributed by atoms with Crippen LogP contribution in [-0.4, -0.2) is 28.1 Å². The molecule has 0 fully saturated rings. The Kier molecular flexibility index (Phi) is 7.39. The number of carbonyl (C=O) groups is 1. The number of amides is 1. The highest BCUT2D eigenvalue weighted by Gasteiger charge is 2.21. The van der Waals surface area contributed by atoms with Gasteiger partial charge in [-0.3, -0.25) is 4.79 Å². The lowest BCUT2D eigenvalue weighted by atomic mass is 9.95. The molecule has 5 heteroatoms. The lowest BCUT2D eigenvalue weighted by Crippen LogP contribution is -2.40. The Labute approximate surface area is 155 Å². The molecule has 1 aromatic carbocycles. The first-order valence-electron chi connectivity index (χ1n) is 9.35. The topological polar surface area (TPSA) is 75.4 Å². The molecule has 142 valence electrons. The summed E-state index contributed by atoms with van der Waals surface area (Å²) in [5.74, 6) is 1.87. The minimum absolute atomic E-state index is 0.0512. The Balaban J connectivity index is 1.69. The summed E-state index contributed by atoms with van der Waals surface area (Å²) in [5.41, 5.74) is 0.139. The molecular formula is C21H30N2O3. The zero-order chi connectivity index (χ0) is 19.0. The second kappa shape index (κ2) is 9.53. The summed E-state index contributed by atoms with van der Waals surface area (Å²) in [6.45, 7) is 6.31. The summed E-state index contributed by atoms with van der Waals surface area (Å²) < 4.78 is 5.74. The van der Waals surface area contributed by atoms with Crippen molar-refractivity contribution in [3.8, 4) is 11.3 Å². The van der Waals surface area contributed by atoms with Crippen molar-refractivity contribution in [1.82, 2.24) is 10.3 Å². The van der Waals surface area contributed by atoms with Crippen molar-refractivity contribution in [3.05, 3.63) is 42.4 Å². The number of nitrogens with one attached hydrogen (secondary N) is 1. The van der Waals surface area contributed by atoms with E-state index in [9.17, 15) is 9.90 Å². The number of aryl methyl sites for hydroxylation is 1. The van der Waals surface area contributed by atoms with E-state index < -0.39 is 5.60 Å². The predicted octanol–water partition coefficient (Wildman–Crippen LogP) is 3.97. The predicted molar refractivity (Wildman–Crippen MR) is 103 cm³/mol. The third-order valence-corrected chi connectivity index (χ3v) is 4.33. The molecule has 0 radical (unpaired) electrons. The second-order valence-corrected chi connectivity index (χ2v) is 7.54. The molecule has 0 aliphatic carbocycles. The molecule has 1 amide bonds. The number of rotatable bonds is 10. The zero-order valence-electron chi connectivity index (χ0n) is 16.0. The number of aromatic nitrogens is 1. The maximum absolute atomic E-state index is 12.0. The van der Waals surface area contributed by atoms with E-state index >= 15 is 0 Å². The molecule has 2 aromatic rings. The Morgan fingerprint density at radius 3 is 2.73 bits per heavy atom. The number of aliphatic hydroxyl groups is 1. The fourth-order valence-electron chi connectivity index (χ4n) is 2.63. The van der Waals surface area contributed by atoms with E-state index in [4.69, 9.17) is 4.42 Å². The Bertz CT molecular complexity index is 678. The minimum atomic E-state index is -0.854. The zero-order valence-corrected chi connectivity index (χ0v) is 16.0. The first-order valence-corrected chi connectivity index (χ1v) is 9.35. The maximum atomic E-state index is 12.0. The van der Waals surface area contributed by atoms with E-state index in [2.05, 4.69) is 24.1 Å². The van der Waals surface area contributed by atoms with Crippen LogP contribution in [0.5, 0.6) is 0 Å². The van der Waals surface area contributed by atoms with Crippen LogP contribution in [0.25, 0.3) is 11.3 Å². The summed E-state index contributed by atoms with van der Waals surface area (Å²) in [7, 11) is 0. The van der Waals surface area contributed by atoms with Gasteiger partial charge in [0, 0.05) is 24.9 Å². The van der Waals surface area contributed by atoms with Crippen molar-refractivity contribution in [1.29, 1.82) is 0 Å². The quantitative estimate of drug-likeness (QED) is 0.674. The first-order chi connectivity index (χ1) is 12.4. The molecule has 26 heavy (non-hydrogen) atoms. The van der Waals surface area contributed by atoms with E-state index in [-0.39, 0.29) is 12.5 Å². The van der Waals surface area contributed by atoms with Crippen LogP contribution in [-0.2, 0) is 11.2 Å². The number of carbonyl (C=O) groups excluding carboxylic acids is 1. The molecule has 1 atom stereocenters. The molecule has 1 heterocycles. The van der Waals surface area contributed by atoms with Gasteiger partial charge in [0.25, 0.3) is 0 Å². The van der Waals surface area contributed by atoms with Crippen molar-refractivity contribution < 1.29 is 14.3 Å². The molecule has 5 nitrogen and oxygen atoms in total. The number of hydrogen-bond acceptors (Lipinski definition) is 4. The van der Waals surface area contributed by atoms with Gasteiger partial charge in [-0.25, -0.2) is 4.98 Å². The van der Waals surface area contributed by atoms with Crippen LogP contribution in [0.3, 0.4) is 0 Å². The van der Waals surface area contributed by atoms with Crippen molar-refractivity contribution in [2.75, 3.05) is 6.54 Å². The van der Waals surface area contributed by atoms with Crippen LogP contribution >= 0.6 is 0 Å². The number of nitrogens with zero attached hydrogens (tertiary/aromatic N) is 1. The van der Waals surface area contributed by atoms with Gasteiger partial charge in [0.05, 0.1) is 11.8 Å². The average molecular weight is 358 g/mol. The van der Waals surface area contributed by atoms with E-state index in [1.807, 2.05) is 30.3 Å². The number of hydrogen-bond donors (Lipinski definition) is 2. The van der Waals surface area contributed by atoms with Gasteiger partial charge in [0.1, 0.15) is 0 Å². The number of benzene rings is 1. The smallest absolute Gasteiger partial charge is 0.220 e. The lowest BCUT2D eigenvalue weighted by Gasteiger charge is -2.24. The fraction of sp³-hybridized carbons (Fsp3) is 0.524. The van der Waals surface area contributed by atoms with Crippen molar-refractivity contribution in [2.45, 2.75) is 58.5 Å². The third-order valence-electron chi connectivity index (χ3n) is 4.33. The summed E-state index contributed by atoms with van der Waals surface area (Å²) in [4.78, 5) is 16.2. The van der Waals surface area contributed by atoms with E-state index in [1.165, 1.54) is 0 Å². The highest BCUT2D eigenvalue weighted by atomic mass is 16.4. The summed E-state index contributed by atoms with van der Waals surface area (Å²) in [6, 6.07) is 9.82. The van der Waals surface area contributed by atoms with Crippen molar-refractivity contribution >= 4 is 5.91 Å². The summed E-state index contributed by atoms with van der Waals surface area (Å²) >= 11 is 0. The van der Waals surface area contributed by atoms with Crippen LogP contribution in [0, 0.1) is 5.92 Å². The van der Waals surface area contributed by atoms with E-state index in [1.54, 1.807) is 13.1 Å². The van der Waals surface area contributed by atoms with Gasteiger partial charge in [-0.1, -0.05) is 44.2 Å². The molecule has 0 bridgehead atoms. The fourth-order valence-corrected chi connectivity index (χ4v) is 2.63. The first kappa shape index (κ1) is 20.2. The molecule has 0 saturated heterocycles. The molecule has 2 rings (SSSR count). The van der Waals surface area contributed by atoms with Gasteiger partial charge >= 0.3 is 0 Å². The Hall–Kier alpha value is -2.14. The van der Waals surface area contributed by atoms with Gasteiger partial charge in [-0.2, -0.15) is 0 Å². The lowest BCUT2D eigenvalue weighted by molar-refractivity contribution is -0.122. The Morgan fingerprint density at radius 1 is 1.31 bits per heavy atom. The van der Waals surface area contributed by atoms with Gasteiger partial charge in [0.2, 0.25) is 5.91 Å². The van der Waals surface area contributed by atoms with E-state index in [0.717, 1.165) is 17.7 Å². The standard InChI is InChI=1S/C21H30N2O3/c1-16(2)12-13-21(3,25)15-23-19(24)10-7-11-20-22-14-18(26-20)17-8-5-4-6-9-17/h4-6,8-9,14,16,25H,7,10-13,15H2,1-3H3,(H,23,24)/t21-/m1/s1. The minimum Gasteiger partial charge on any atom is -0.441 e. The molecule has 0 saturated carbocycles. The second-order valence-electron chi connectivity index (χ2n) is 7.54.